The van der Waals surface area contributed by atoms with Crippen LogP contribution in [0.15, 0.2) is 11.6 Å². The monoisotopic (exact) mass is 249 g/mol. The van der Waals surface area contributed by atoms with Crippen LogP contribution in [-0.4, -0.2) is 12.6 Å². The Morgan fingerprint density at radius 3 is 2.56 bits per heavy atom. The topological polar surface area (TPSA) is 12.0 Å². The molecule has 2 aliphatic carbocycles. The van der Waals surface area contributed by atoms with E-state index in [0.717, 1.165) is 6.54 Å². The average Bonchev–Trinajstić information content (AvgIpc) is 2.72. The first-order valence-electron chi connectivity index (χ1n) is 8.24. The van der Waals surface area contributed by atoms with Crippen LogP contribution >= 0.6 is 0 Å². The molecule has 18 heavy (non-hydrogen) atoms. The molecule has 0 bridgehead atoms. The van der Waals surface area contributed by atoms with E-state index in [0.29, 0.717) is 11.5 Å². The molecule has 1 unspecified atom stereocenters. The van der Waals surface area contributed by atoms with E-state index < -0.39 is 0 Å². The van der Waals surface area contributed by atoms with Gasteiger partial charge in [0, 0.05) is 6.04 Å². The van der Waals surface area contributed by atoms with Crippen LogP contribution in [0.25, 0.3) is 0 Å². The predicted molar refractivity (Wildman–Crippen MR) is 79.8 cm³/mol. The highest BCUT2D eigenvalue weighted by molar-refractivity contribution is 5.18. The van der Waals surface area contributed by atoms with E-state index in [4.69, 9.17) is 0 Å². The van der Waals surface area contributed by atoms with E-state index in [-0.39, 0.29) is 0 Å². The molecule has 2 rings (SSSR count). The van der Waals surface area contributed by atoms with E-state index in [2.05, 4.69) is 25.2 Å². The smallest absolute Gasteiger partial charge is 0.0336 e. The number of allylic oxidation sites excluding steroid dienone is 1. The van der Waals surface area contributed by atoms with Crippen molar-refractivity contribution < 1.29 is 0 Å². The van der Waals surface area contributed by atoms with Gasteiger partial charge in [-0.05, 0) is 56.9 Å². The molecule has 0 saturated heterocycles. The number of nitrogens with one attached hydrogen (secondary N) is 1. The quantitative estimate of drug-likeness (QED) is 0.688. The van der Waals surface area contributed by atoms with Gasteiger partial charge in [0.05, 0.1) is 0 Å². The van der Waals surface area contributed by atoms with Crippen LogP contribution in [0, 0.1) is 5.41 Å². The summed E-state index contributed by atoms with van der Waals surface area (Å²) >= 11 is 0. The maximum absolute atomic E-state index is 3.85. The minimum Gasteiger partial charge on any atom is -0.310 e. The zero-order valence-electron chi connectivity index (χ0n) is 12.4. The zero-order valence-corrected chi connectivity index (χ0v) is 12.4. The lowest BCUT2D eigenvalue weighted by Crippen LogP contribution is -2.45. The second kappa shape index (κ2) is 6.75. The van der Waals surface area contributed by atoms with Gasteiger partial charge in [0.1, 0.15) is 0 Å². The highest BCUT2D eigenvalue weighted by Crippen LogP contribution is 2.46. The fraction of sp³-hybridized carbons (Fsp3) is 0.882. The average molecular weight is 249 g/mol. The third-order valence-corrected chi connectivity index (χ3v) is 5.27. The van der Waals surface area contributed by atoms with Crippen LogP contribution in [0.2, 0.25) is 0 Å². The molecule has 1 fully saturated rings. The lowest BCUT2D eigenvalue weighted by molar-refractivity contribution is 0.209. The number of hydrogen-bond acceptors (Lipinski definition) is 1. The van der Waals surface area contributed by atoms with Gasteiger partial charge in [-0.2, -0.15) is 0 Å². The van der Waals surface area contributed by atoms with Crippen LogP contribution in [0.4, 0.5) is 0 Å². The largest absolute Gasteiger partial charge is 0.310 e. The Hall–Kier alpha value is -0.300. The van der Waals surface area contributed by atoms with Crippen LogP contribution in [0.5, 0.6) is 0 Å². The van der Waals surface area contributed by atoms with E-state index >= 15 is 0 Å². The van der Waals surface area contributed by atoms with Crippen molar-refractivity contribution in [2.75, 3.05) is 6.54 Å². The molecule has 0 aromatic carbocycles. The molecular formula is C17H31N. The summed E-state index contributed by atoms with van der Waals surface area (Å²) in [5, 5.41) is 3.85. The van der Waals surface area contributed by atoms with E-state index in [1.54, 1.807) is 5.57 Å². The SMILES string of the molecule is CCNC(C1=CCCCCC1)C1(CC)CCCC1. The Morgan fingerprint density at radius 2 is 1.89 bits per heavy atom. The van der Waals surface area contributed by atoms with Crippen molar-refractivity contribution in [2.45, 2.75) is 84.1 Å². The molecule has 1 heteroatoms. The van der Waals surface area contributed by atoms with Crippen molar-refractivity contribution in [2.24, 2.45) is 5.41 Å². The summed E-state index contributed by atoms with van der Waals surface area (Å²) in [6, 6.07) is 0.674. The first-order valence-corrected chi connectivity index (χ1v) is 8.24. The second-order valence-electron chi connectivity index (χ2n) is 6.29. The summed E-state index contributed by atoms with van der Waals surface area (Å²) in [5.41, 5.74) is 2.32. The first kappa shape index (κ1) is 14.1. The summed E-state index contributed by atoms with van der Waals surface area (Å²) in [7, 11) is 0. The Kier molecular flexibility index (Phi) is 5.29. The third-order valence-electron chi connectivity index (χ3n) is 5.27. The van der Waals surface area contributed by atoms with Crippen LogP contribution < -0.4 is 5.32 Å². The van der Waals surface area contributed by atoms with Gasteiger partial charge in [-0.1, -0.05) is 44.8 Å². The molecule has 0 amide bonds. The number of likely N-dealkylation sites (N-methyl/N-ethyl adjacent to an activating group) is 1. The molecule has 0 heterocycles. The minimum absolute atomic E-state index is 0.576. The van der Waals surface area contributed by atoms with Crippen molar-refractivity contribution in [3.63, 3.8) is 0 Å². The molecule has 0 aliphatic heterocycles. The first-order chi connectivity index (χ1) is 8.82. The summed E-state index contributed by atoms with van der Waals surface area (Å²) in [6.45, 7) is 5.79. The molecule has 104 valence electrons. The van der Waals surface area contributed by atoms with Crippen molar-refractivity contribution >= 4 is 0 Å². The van der Waals surface area contributed by atoms with Gasteiger partial charge in [-0.15, -0.1) is 0 Å². The molecule has 1 atom stereocenters. The lowest BCUT2D eigenvalue weighted by Gasteiger charge is -2.39. The van der Waals surface area contributed by atoms with Gasteiger partial charge < -0.3 is 5.32 Å². The van der Waals surface area contributed by atoms with Gasteiger partial charge in [0.2, 0.25) is 0 Å². The van der Waals surface area contributed by atoms with E-state index in [1.165, 1.54) is 64.2 Å². The molecule has 0 aromatic rings. The van der Waals surface area contributed by atoms with E-state index in [1.807, 2.05) is 0 Å². The van der Waals surface area contributed by atoms with Gasteiger partial charge in [-0.25, -0.2) is 0 Å². The molecule has 1 saturated carbocycles. The summed E-state index contributed by atoms with van der Waals surface area (Å²) in [4.78, 5) is 0. The maximum atomic E-state index is 3.85. The van der Waals surface area contributed by atoms with Gasteiger partial charge in [0.25, 0.3) is 0 Å². The maximum Gasteiger partial charge on any atom is 0.0336 e. The molecule has 1 N–H and O–H groups in total. The molecular weight excluding hydrogens is 218 g/mol. The standard InChI is InChI=1S/C17H31N/c1-3-17(13-9-10-14-17)16(18-4-2)15-11-7-5-6-8-12-15/h11,16,18H,3-10,12-14H2,1-2H3. The normalized spacial score (nSPS) is 25.6. The molecule has 0 radical (unpaired) electrons. The molecule has 0 spiro atoms. The van der Waals surface area contributed by atoms with Crippen molar-refractivity contribution in [3.8, 4) is 0 Å². The summed E-state index contributed by atoms with van der Waals surface area (Å²) in [5.74, 6) is 0. The van der Waals surface area contributed by atoms with Gasteiger partial charge in [0.15, 0.2) is 0 Å². The Morgan fingerprint density at radius 1 is 1.11 bits per heavy atom. The van der Waals surface area contributed by atoms with E-state index in [9.17, 15) is 0 Å². The minimum atomic E-state index is 0.576. The van der Waals surface area contributed by atoms with Crippen molar-refractivity contribution in [1.82, 2.24) is 5.32 Å². The van der Waals surface area contributed by atoms with Gasteiger partial charge >= 0.3 is 0 Å². The number of rotatable bonds is 5. The summed E-state index contributed by atoms with van der Waals surface area (Å²) < 4.78 is 0. The Labute approximate surface area is 113 Å². The van der Waals surface area contributed by atoms with Crippen LogP contribution in [0.1, 0.15) is 78.1 Å². The Bertz CT molecular complexity index is 273. The van der Waals surface area contributed by atoms with Gasteiger partial charge in [-0.3, -0.25) is 0 Å². The lowest BCUT2D eigenvalue weighted by atomic mass is 9.72. The molecule has 2 aliphatic rings. The fourth-order valence-corrected chi connectivity index (χ4v) is 4.17. The Balaban J connectivity index is 2.17. The van der Waals surface area contributed by atoms with Crippen LogP contribution in [0.3, 0.4) is 0 Å². The third kappa shape index (κ3) is 2.99. The highest BCUT2D eigenvalue weighted by atomic mass is 14.9. The highest BCUT2D eigenvalue weighted by Gasteiger charge is 2.40. The van der Waals surface area contributed by atoms with Crippen LogP contribution in [-0.2, 0) is 0 Å². The fourth-order valence-electron chi connectivity index (χ4n) is 4.17. The second-order valence-corrected chi connectivity index (χ2v) is 6.29. The molecule has 0 aromatic heterocycles. The number of hydrogen-bond donors (Lipinski definition) is 1. The van der Waals surface area contributed by atoms with Crippen molar-refractivity contribution in [1.29, 1.82) is 0 Å². The summed E-state index contributed by atoms with van der Waals surface area (Å²) in [6.07, 6.45) is 16.6. The van der Waals surface area contributed by atoms with Crippen molar-refractivity contribution in [3.05, 3.63) is 11.6 Å². The molecule has 1 nitrogen and oxygen atoms in total. The predicted octanol–water partition coefficient (Wildman–Crippen LogP) is 4.83. The zero-order chi connectivity index (χ0) is 12.8.